The molecule has 8 amide bonds. The van der Waals surface area contributed by atoms with Crippen LogP contribution >= 0.6 is 0 Å². The Bertz CT molecular complexity index is 1620. The van der Waals surface area contributed by atoms with Gasteiger partial charge in [0.1, 0.15) is 24.2 Å². The molecular formula is C37H55N11O8. The van der Waals surface area contributed by atoms with E-state index in [0.717, 1.165) is 24.4 Å². The molecule has 0 bridgehead atoms. The standard InChI is InChI=1S/C37H55N11O8/c1-4-39-16-9-8-13-27(24(3)49)44-31(50)20-41-34(53)28(14-10-15-38)45-35(54)29(17-25-11-6-5-7-12-25)47-36(55)30(18-26-19-40-22-43-26)46-33(52)23(2)48-32(51)21-42-37(48)56/h5-7,11-12,19,22-23,27-30,39H,4,8-10,13-18,20-21,38H2,1-3H3,(H,40,43)(H,41,53)(H,42,56)(H,44,50)(H,45,54)(H,46,52)(H,47,55). The van der Waals surface area contributed by atoms with Crippen LogP contribution in [0.5, 0.6) is 0 Å². The molecule has 19 nitrogen and oxygen atoms in total. The number of nitrogens with one attached hydrogen (secondary N) is 8. The predicted molar refractivity (Wildman–Crippen MR) is 204 cm³/mol. The molecule has 306 valence electrons. The average molecular weight is 782 g/mol. The van der Waals surface area contributed by atoms with Crippen LogP contribution in [0.1, 0.15) is 64.1 Å². The summed E-state index contributed by atoms with van der Waals surface area (Å²) in [5.74, 6) is -4.34. The molecule has 2 aromatic rings. The monoisotopic (exact) mass is 781 g/mol. The first kappa shape index (κ1) is 44.7. The normalized spacial score (nSPS) is 15.1. The SMILES string of the molecule is CCNCCCCC(NC(=O)CNC(=O)C(CCCN)NC(=O)C(Cc1ccccc1)NC(=O)C(Cc1cnc[nH]1)NC(=O)C(C)N1C(=O)CNC1=O)C(C)=O. The molecule has 5 unspecified atom stereocenters. The summed E-state index contributed by atoms with van der Waals surface area (Å²) >= 11 is 0. The Morgan fingerprint density at radius 2 is 1.50 bits per heavy atom. The quantitative estimate of drug-likeness (QED) is 0.0405. The first-order valence-electron chi connectivity index (χ1n) is 18.8. The van der Waals surface area contributed by atoms with E-state index in [2.05, 4.69) is 47.2 Å². The van der Waals surface area contributed by atoms with Gasteiger partial charge in [-0.25, -0.2) is 9.78 Å². The van der Waals surface area contributed by atoms with Crippen molar-refractivity contribution in [1.82, 2.24) is 52.1 Å². The number of ketones is 1. The van der Waals surface area contributed by atoms with Crippen LogP contribution in [-0.2, 0) is 46.4 Å². The van der Waals surface area contributed by atoms with Crippen LogP contribution in [-0.4, -0.2) is 125 Å². The zero-order valence-electron chi connectivity index (χ0n) is 32.2. The van der Waals surface area contributed by atoms with E-state index in [-0.39, 0.29) is 38.1 Å². The molecule has 1 saturated heterocycles. The van der Waals surface area contributed by atoms with E-state index >= 15 is 0 Å². The number of imidazole rings is 1. The molecule has 2 heterocycles. The molecule has 1 aromatic heterocycles. The van der Waals surface area contributed by atoms with Crippen molar-refractivity contribution in [2.45, 2.75) is 95.9 Å². The number of rotatable bonds is 25. The Kier molecular flexibility index (Phi) is 18.6. The maximum Gasteiger partial charge on any atom is 0.325 e. The minimum Gasteiger partial charge on any atom is -0.348 e. The molecular weight excluding hydrogens is 726 g/mol. The van der Waals surface area contributed by atoms with Gasteiger partial charge in [-0.3, -0.25) is 38.5 Å². The maximum atomic E-state index is 14.0. The third kappa shape index (κ3) is 14.5. The van der Waals surface area contributed by atoms with E-state index in [1.54, 1.807) is 30.3 Å². The fraction of sp³-hybridized carbons (Fsp3) is 0.541. The lowest BCUT2D eigenvalue weighted by Gasteiger charge is -2.27. The van der Waals surface area contributed by atoms with Gasteiger partial charge in [0.15, 0.2) is 5.78 Å². The number of carbonyl (C=O) groups excluding carboxylic acids is 8. The van der Waals surface area contributed by atoms with Gasteiger partial charge in [-0.2, -0.15) is 0 Å². The van der Waals surface area contributed by atoms with Gasteiger partial charge in [0.25, 0.3) is 5.91 Å². The van der Waals surface area contributed by atoms with Gasteiger partial charge in [0, 0.05) is 24.7 Å². The lowest BCUT2D eigenvalue weighted by atomic mass is 10.0. The lowest BCUT2D eigenvalue weighted by molar-refractivity contribution is -0.136. The van der Waals surface area contributed by atoms with Crippen LogP contribution in [0, 0.1) is 0 Å². The summed E-state index contributed by atoms with van der Waals surface area (Å²) in [6, 6.07) is 2.41. The van der Waals surface area contributed by atoms with Crippen molar-refractivity contribution < 1.29 is 38.4 Å². The minimum atomic E-state index is -1.29. The van der Waals surface area contributed by atoms with E-state index in [1.165, 1.54) is 26.4 Å². The number of hydrogen-bond donors (Lipinski definition) is 9. The number of nitrogens with zero attached hydrogens (tertiary/aromatic N) is 2. The lowest BCUT2D eigenvalue weighted by Crippen LogP contribution is -2.59. The van der Waals surface area contributed by atoms with Gasteiger partial charge in [-0.05, 0) is 71.1 Å². The summed E-state index contributed by atoms with van der Waals surface area (Å²) < 4.78 is 0. The molecule has 0 saturated carbocycles. The molecule has 56 heavy (non-hydrogen) atoms. The molecule has 10 N–H and O–H groups in total. The Morgan fingerprint density at radius 3 is 2.11 bits per heavy atom. The Balaban J connectivity index is 1.74. The first-order chi connectivity index (χ1) is 26.8. The van der Waals surface area contributed by atoms with Crippen molar-refractivity contribution in [3.8, 4) is 0 Å². The van der Waals surface area contributed by atoms with E-state index in [1.807, 2.05) is 6.92 Å². The number of benzene rings is 1. The summed E-state index contributed by atoms with van der Waals surface area (Å²) in [6.45, 7) is 5.86. The number of H-pyrrole nitrogens is 1. The fourth-order valence-electron chi connectivity index (χ4n) is 5.94. The second-order valence-electron chi connectivity index (χ2n) is 13.5. The highest BCUT2D eigenvalue weighted by atomic mass is 16.2. The van der Waals surface area contributed by atoms with E-state index in [0.29, 0.717) is 30.5 Å². The third-order valence-corrected chi connectivity index (χ3v) is 9.10. The molecule has 0 spiro atoms. The van der Waals surface area contributed by atoms with Gasteiger partial charge in [0.05, 0.1) is 25.5 Å². The van der Waals surface area contributed by atoms with Gasteiger partial charge < -0.3 is 47.9 Å². The number of aromatic amines is 1. The van der Waals surface area contributed by atoms with Gasteiger partial charge in [0.2, 0.25) is 29.5 Å². The largest absolute Gasteiger partial charge is 0.348 e. The van der Waals surface area contributed by atoms with Crippen LogP contribution in [0.25, 0.3) is 0 Å². The number of unbranched alkanes of at least 4 members (excludes halogenated alkanes) is 1. The van der Waals surface area contributed by atoms with Crippen molar-refractivity contribution in [3.63, 3.8) is 0 Å². The summed E-state index contributed by atoms with van der Waals surface area (Å²) in [6.07, 6.45) is 5.20. The Labute approximate surface area is 325 Å². The molecule has 0 aliphatic carbocycles. The molecule has 1 fully saturated rings. The van der Waals surface area contributed by atoms with Gasteiger partial charge >= 0.3 is 6.03 Å². The fourth-order valence-corrected chi connectivity index (χ4v) is 5.94. The van der Waals surface area contributed by atoms with Crippen molar-refractivity contribution in [2.75, 3.05) is 32.7 Å². The number of imide groups is 1. The number of urea groups is 1. The molecule has 1 aliphatic heterocycles. The van der Waals surface area contributed by atoms with Crippen LogP contribution < -0.4 is 43.0 Å². The molecule has 19 heteroatoms. The van der Waals surface area contributed by atoms with Crippen LogP contribution in [0.3, 0.4) is 0 Å². The molecule has 0 radical (unpaired) electrons. The predicted octanol–water partition coefficient (Wildman–Crippen LogP) is -1.70. The summed E-state index contributed by atoms with van der Waals surface area (Å²) in [5, 5.41) is 18.7. The topological polar surface area (TPSA) is 279 Å². The third-order valence-electron chi connectivity index (χ3n) is 9.10. The minimum absolute atomic E-state index is 0.00341. The molecule has 3 rings (SSSR count). The highest BCUT2D eigenvalue weighted by molar-refractivity contribution is 6.06. The summed E-state index contributed by atoms with van der Waals surface area (Å²) in [4.78, 5) is 112. The smallest absolute Gasteiger partial charge is 0.325 e. The first-order valence-corrected chi connectivity index (χ1v) is 18.8. The highest BCUT2D eigenvalue weighted by Gasteiger charge is 2.38. The van der Waals surface area contributed by atoms with E-state index in [4.69, 9.17) is 5.73 Å². The van der Waals surface area contributed by atoms with Gasteiger partial charge in [-0.1, -0.05) is 37.3 Å². The highest BCUT2D eigenvalue weighted by Crippen LogP contribution is 2.10. The van der Waals surface area contributed by atoms with Crippen molar-refractivity contribution in [3.05, 3.63) is 54.1 Å². The van der Waals surface area contributed by atoms with Crippen LogP contribution in [0.15, 0.2) is 42.9 Å². The zero-order chi connectivity index (χ0) is 41.0. The van der Waals surface area contributed by atoms with Gasteiger partial charge in [-0.15, -0.1) is 0 Å². The second kappa shape index (κ2) is 23.3. The number of amides is 8. The Hall–Kier alpha value is -5.69. The molecule has 1 aliphatic rings. The number of hydrogen-bond acceptors (Lipinski definition) is 11. The number of nitrogens with two attached hydrogens (primary N) is 1. The number of aromatic nitrogens is 2. The van der Waals surface area contributed by atoms with Crippen LogP contribution in [0.2, 0.25) is 0 Å². The molecule has 1 aromatic carbocycles. The number of carbonyl (C=O) groups is 8. The average Bonchev–Trinajstić information content (AvgIpc) is 3.82. The van der Waals surface area contributed by atoms with E-state index in [9.17, 15) is 38.4 Å². The summed E-state index contributed by atoms with van der Waals surface area (Å²) in [5.41, 5.74) is 6.87. The van der Waals surface area contributed by atoms with E-state index < -0.39 is 78.2 Å². The Morgan fingerprint density at radius 1 is 0.839 bits per heavy atom. The summed E-state index contributed by atoms with van der Waals surface area (Å²) in [7, 11) is 0. The van der Waals surface area contributed by atoms with Crippen molar-refractivity contribution in [1.29, 1.82) is 0 Å². The molecule has 5 atom stereocenters. The second-order valence-corrected chi connectivity index (χ2v) is 13.5. The maximum absolute atomic E-state index is 14.0. The van der Waals surface area contributed by atoms with Crippen molar-refractivity contribution in [2.24, 2.45) is 5.73 Å². The number of Topliss-reactive ketones (excluding diaryl/α,β-unsaturated/α-hetero) is 1. The van der Waals surface area contributed by atoms with Crippen molar-refractivity contribution >= 4 is 47.3 Å². The van der Waals surface area contributed by atoms with Crippen LogP contribution in [0.4, 0.5) is 4.79 Å². The zero-order valence-corrected chi connectivity index (χ0v) is 32.2.